The fourth-order valence-corrected chi connectivity index (χ4v) is 3.70. The van der Waals surface area contributed by atoms with Crippen LogP contribution in [0.5, 0.6) is 0 Å². The molecule has 0 aromatic carbocycles. The van der Waals surface area contributed by atoms with E-state index in [0.29, 0.717) is 17.6 Å². The Morgan fingerprint density at radius 1 is 1.38 bits per heavy atom. The van der Waals surface area contributed by atoms with Crippen molar-refractivity contribution in [3.05, 3.63) is 0 Å². The van der Waals surface area contributed by atoms with Gasteiger partial charge in [-0.15, -0.1) is 0 Å². The molecular weight excluding hydrogens is 265 g/mol. The summed E-state index contributed by atoms with van der Waals surface area (Å²) < 4.78 is 1.40. The van der Waals surface area contributed by atoms with Crippen molar-refractivity contribution in [3.8, 4) is 0 Å². The van der Waals surface area contributed by atoms with Crippen LogP contribution in [0.3, 0.4) is 0 Å². The standard InChI is InChI=1S/C13H21NOSe/c1-10(11-5-4-6-12(15)9-11)13(16)14-7-2-3-8-14/h10-11H,2-9H2,1H3. The number of ketones is 1. The van der Waals surface area contributed by atoms with E-state index in [2.05, 4.69) is 27.4 Å². The molecule has 0 spiro atoms. The zero-order valence-electron chi connectivity index (χ0n) is 10.1. The molecule has 2 nitrogen and oxygen atoms in total. The molecule has 1 saturated carbocycles. The first-order valence-corrected chi connectivity index (χ1v) is 7.34. The topological polar surface area (TPSA) is 20.3 Å². The average molecular weight is 286 g/mol. The molecule has 2 fully saturated rings. The second-order valence-electron chi connectivity index (χ2n) is 5.22. The molecule has 0 aromatic rings. The number of Topliss-reactive ketones (excluding diaryl/α,β-unsaturated/α-hetero) is 1. The van der Waals surface area contributed by atoms with Crippen LogP contribution >= 0.6 is 0 Å². The number of rotatable bonds is 3. The summed E-state index contributed by atoms with van der Waals surface area (Å²) in [5, 5.41) is 0. The third-order valence-corrected chi connectivity index (χ3v) is 5.36. The van der Waals surface area contributed by atoms with E-state index in [1.807, 2.05) is 0 Å². The second kappa shape index (κ2) is 5.46. The van der Waals surface area contributed by atoms with Gasteiger partial charge in [0.15, 0.2) is 0 Å². The summed E-state index contributed by atoms with van der Waals surface area (Å²) in [6.07, 6.45) is 6.59. The van der Waals surface area contributed by atoms with Crippen molar-refractivity contribution in [3.63, 3.8) is 0 Å². The van der Waals surface area contributed by atoms with Gasteiger partial charge in [0.05, 0.1) is 0 Å². The molecule has 0 aromatic heterocycles. The predicted molar refractivity (Wildman–Crippen MR) is 67.7 cm³/mol. The number of likely N-dealkylation sites (tertiary alicyclic amines) is 1. The van der Waals surface area contributed by atoms with Gasteiger partial charge in [-0.25, -0.2) is 0 Å². The maximum absolute atomic E-state index is 11.5. The van der Waals surface area contributed by atoms with Crippen LogP contribution in [-0.2, 0) is 4.79 Å². The van der Waals surface area contributed by atoms with Crippen LogP contribution in [0.25, 0.3) is 0 Å². The number of hydrogen-bond acceptors (Lipinski definition) is 2. The van der Waals surface area contributed by atoms with Gasteiger partial charge in [0.2, 0.25) is 0 Å². The molecular formula is C13H21NOSe. The zero-order chi connectivity index (χ0) is 11.5. The van der Waals surface area contributed by atoms with Crippen LogP contribution in [0, 0.1) is 11.8 Å². The fraction of sp³-hybridized carbons (Fsp3) is 0.846. The molecule has 16 heavy (non-hydrogen) atoms. The van der Waals surface area contributed by atoms with Crippen molar-refractivity contribution in [2.24, 2.45) is 11.8 Å². The third-order valence-electron chi connectivity index (χ3n) is 4.03. The molecule has 0 radical (unpaired) electrons. The van der Waals surface area contributed by atoms with E-state index < -0.39 is 0 Å². The number of carbonyl (C=O) groups excluding carboxylic acids is 1. The van der Waals surface area contributed by atoms with Crippen molar-refractivity contribution < 1.29 is 4.79 Å². The van der Waals surface area contributed by atoms with Crippen LogP contribution in [0.15, 0.2) is 0 Å². The van der Waals surface area contributed by atoms with Crippen LogP contribution < -0.4 is 0 Å². The van der Waals surface area contributed by atoms with Crippen molar-refractivity contribution >= 4 is 25.9 Å². The summed E-state index contributed by atoms with van der Waals surface area (Å²) in [7, 11) is 0. The van der Waals surface area contributed by atoms with E-state index in [9.17, 15) is 4.79 Å². The number of hydrogen-bond donors (Lipinski definition) is 0. The Kier molecular flexibility index (Phi) is 4.21. The van der Waals surface area contributed by atoms with Gasteiger partial charge in [0, 0.05) is 0 Å². The monoisotopic (exact) mass is 287 g/mol. The fourth-order valence-electron chi connectivity index (χ4n) is 2.91. The first-order chi connectivity index (χ1) is 7.68. The van der Waals surface area contributed by atoms with Gasteiger partial charge in [0.25, 0.3) is 0 Å². The molecule has 1 aliphatic heterocycles. The van der Waals surface area contributed by atoms with Gasteiger partial charge in [-0.05, 0) is 0 Å². The molecule has 1 saturated heterocycles. The first kappa shape index (κ1) is 12.3. The summed E-state index contributed by atoms with van der Waals surface area (Å²) in [4.78, 5) is 14.0. The third kappa shape index (κ3) is 2.75. The minimum absolute atomic E-state index is 0.470. The van der Waals surface area contributed by atoms with Crippen LogP contribution in [0.4, 0.5) is 0 Å². The van der Waals surface area contributed by atoms with Crippen molar-refractivity contribution in [1.29, 1.82) is 0 Å². The number of carbonyl (C=O) groups is 1. The Balaban J connectivity index is 1.92. The minimum atomic E-state index is 0.470. The van der Waals surface area contributed by atoms with Crippen molar-refractivity contribution in [1.82, 2.24) is 4.90 Å². The van der Waals surface area contributed by atoms with Gasteiger partial charge in [-0.3, -0.25) is 0 Å². The average Bonchev–Trinajstić information content (AvgIpc) is 2.80. The maximum atomic E-state index is 11.5. The SMILES string of the molecule is CC(C(=[Se])N1CCCC1)C1CCCC(=O)C1. The van der Waals surface area contributed by atoms with E-state index in [1.54, 1.807) is 0 Å². The normalized spacial score (nSPS) is 28.2. The zero-order valence-corrected chi connectivity index (χ0v) is 11.8. The molecule has 0 amide bonds. The van der Waals surface area contributed by atoms with Gasteiger partial charge in [0.1, 0.15) is 0 Å². The molecule has 3 heteroatoms. The summed E-state index contributed by atoms with van der Waals surface area (Å²) in [6, 6.07) is 0. The molecule has 0 bridgehead atoms. The first-order valence-electron chi connectivity index (χ1n) is 6.49. The molecule has 2 unspecified atom stereocenters. The molecule has 90 valence electrons. The Hall–Kier alpha value is -0.141. The molecule has 0 N–H and O–H groups in total. The molecule has 2 rings (SSSR count). The van der Waals surface area contributed by atoms with Gasteiger partial charge in [-0.1, -0.05) is 0 Å². The summed E-state index contributed by atoms with van der Waals surface area (Å²) in [5.41, 5.74) is 0. The van der Waals surface area contributed by atoms with Gasteiger partial charge in [-0.2, -0.15) is 0 Å². The molecule has 2 atom stereocenters. The van der Waals surface area contributed by atoms with Gasteiger partial charge >= 0.3 is 106 Å². The second-order valence-corrected chi connectivity index (χ2v) is 6.09. The van der Waals surface area contributed by atoms with Crippen molar-refractivity contribution in [2.75, 3.05) is 13.1 Å². The van der Waals surface area contributed by atoms with Gasteiger partial charge < -0.3 is 0 Å². The Bertz CT molecular complexity index is 284. The van der Waals surface area contributed by atoms with E-state index in [1.165, 1.54) is 36.9 Å². The van der Waals surface area contributed by atoms with Crippen molar-refractivity contribution in [2.45, 2.75) is 45.4 Å². The van der Waals surface area contributed by atoms with Crippen LogP contribution in [-0.4, -0.2) is 43.9 Å². The van der Waals surface area contributed by atoms with Crippen LogP contribution in [0.1, 0.15) is 45.4 Å². The molecule has 1 aliphatic carbocycles. The summed E-state index contributed by atoms with van der Waals surface area (Å²) >= 11 is 3.26. The van der Waals surface area contributed by atoms with Crippen LogP contribution in [0.2, 0.25) is 0 Å². The van der Waals surface area contributed by atoms with E-state index in [4.69, 9.17) is 0 Å². The Labute approximate surface area is 106 Å². The quantitative estimate of drug-likeness (QED) is 0.737. The Morgan fingerprint density at radius 3 is 2.69 bits per heavy atom. The molecule has 1 heterocycles. The van der Waals surface area contributed by atoms with E-state index >= 15 is 0 Å². The summed E-state index contributed by atoms with van der Waals surface area (Å²) in [5.74, 6) is 1.60. The Morgan fingerprint density at radius 2 is 2.06 bits per heavy atom. The van der Waals surface area contributed by atoms with E-state index in [-0.39, 0.29) is 0 Å². The van der Waals surface area contributed by atoms with E-state index in [0.717, 1.165) is 19.3 Å². The predicted octanol–water partition coefficient (Wildman–Crippen LogP) is 1.78. The number of nitrogens with zero attached hydrogens (tertiary/aromatic N) is 1. The summed E-state index contributed by atoms with van der Waals surface area (Å²) in [6.45, 7) is 4.69. The molecule has 2 aliphatic rings.